The second-order valence-electron chi connectivity index (χ2n) is 4.95. The Morgan fingerprint density at radius 2 is 1.95 bits per heavy atom. The van der Waals surface area contributed by atoms with Crippen LogP contribution in [0.4, 0.5) is 5.69 Å². The molecule has 1 N–H and O–H groups in total. The molecule has 7 heteroatoms. The molecule has 0 saturated carbocycles. The lowest BCUT2D eigenvalue weighted by Crippen LogP contribution is -2.42. The van der Waals surface area contributed by atoms with E-state index in [1.807, 2.05) is 0 Å². The highest BCUT2D eigenvalue weighted by Crippen LogP contribution is 2.23. The molecule has 0 aliphatic carbocycles. The highest BCUT2D eigenvalue weighted by molar-refractivity contribution is 6.18. The first-order valence-electron chi connectivity index (χ1n) is 6.63. The van der Waals surface area contributed by atoms with E-state index in [2.05, 4.69) is 5.32 Å². The molecule has 1 heterocycles. The number of nitrogens with one attached hydrogen (secondary N) is 1. The topological polar surface area (TPSA) is 73.9 Å². The first-order chi connectivity index (χ1) is 10.4. The number of anilines is 1. The number of benzene rings is 1. The molecule has 0 atom stereocenters. The number of esters is 2. The van der Waals surface area contributed by atoms with Gasteiger partial charge in [0.15, 0.2) is 5.57 Å². The van der Waals surface area contributed by atoms with Crippen LogP contribution in [0, 0.1) is 0 Å². The van der Waals surface area contributed by atoms with Crippen molar-refractivity contribution in [1.82, 2.24) is 0 Å². The van der Waals surface area contributed by atoms with Gasteiger partial charge in [-0.05, 0) is 12.1 Å². The maximum absolute atomic E-state index is 11.8. The molecular formula is C15H16ClNO5. The Morgan fingerprint density at radius 1 is 1.27 bits per heavy atom. The van der Waals surface area contributed by atoms with Gasteiger partial charge in [-0.15, -0.1) is 11.6 Å². The predicted octanol–water partition coefficient (Wildman–Crippen LogP) is 2.44. The summed E-state index contributed by atoms with van der Waals surface area (Å²) in [6, 6.07) is 7.02. The van der Waals surface area contributed by atoms with Crippen LogP contribution in [0.3, 0.4) is 0 Å². The van der Waals surface area contributed by atoms with Crippen molar-refractivity contribution in [1.29, 1.82) is 0 Å². The van der Waals surface area contributed by atoms with Crippen LogP contribution >= 0.6 is 11.6 Å². The Morgan fingerprint density at radius 3 is 2.59 bits per heavy atom. The van der Waals surface area contributed by atoms with Crippen molar-refractivity contribution in [3.63, 3.8) is 0 Å². The van der Waals surface area contributed by atoms with E-state index in [0.717, 1.165) is 0 Å². The van der Waals surface area contributed by atoms with Crippen LogP contribution in [0.2, 0.25) is 0 Å². The van der Waals surface area contributed by atoms with Gasteiger partial charge in [0.25, 0.3) is 5.79 Å². The van der Waals surface area contributed by atoms with E-state index in [-0.39, 0.29) is 5.57 Å². The summed E-state index contributed by atoms with van der Waals surface area (Å²) < 4.78 is 15.4. The molecule has 1 aliphatic heterocycles. The maximum atomic E-state index is 11.8. The average molecular weight is 326 g/mol. The molecule has 6 nitrogen and oxygen atoms in total. The molecule has 1 fully saturated rings. The van der Waals surface area contributed by atoms with Crippen molar-refractivity contribution in [2.24, 2.45) is 0 Å². The SMILES string of the molecule is CC1(C)OC(=O)C(=CNc2cccc(OCCCl)c2)C(=O)O1. The van der Waals surface area contributed by atoms with Gasteiger partial charge in [-0.1, -0.05) is 6.07 Å². The largest absolute Gasteiger partial charge is 0.492 e. The van der Waals surface area contributed by atoms with E-state index in [1.54, 1.807) is 24.3 Å². The quantitative estimate of drug-likeness (QED) is 0.388. The van der Waals surface area contributed by atoms with Crippen LogP contribution < -0.4 is 10.1 Å². The highest BCUT2D eigenvalue weighted by atomic mass is 35.5. The minimum Gasteiger partial charge on any atom is -0.492 e. The van der Waals surface area contributed by atoms with Crippen molar-refractivity contribution in [2.75, 3.05) is 17.8 Å². The summed E-state index contributed by atoms with van der Waals surface area (Å²) in [6.45, 7) is 3.37. The van der Waals surface area contributed by atoms with E-state index in [9.17, 15) is 9.59 Å². The van der Waals surface area contributed by atoms with Crippen LogP contribution in [0.5, 0.6) is 5.75 Å². The maximum Gasteiger partial charge on any atom is 0.350 e. The van der Waals surface area contributed by atoms with E-state index in [0.29, 0.717) is 23.9 Å². The van der Waals surface area contributed by atoms with Gasteiger partial charge in [-0.3, -0.25) is 0 Å². The fourth-order valence-corrected chi connectivity index (χ4v) is 1.84. The van der Waals surface area contributed by atoms with Gasteiger partial charge in [0.2, 0.25) is 0 Å². The van der Waals surface area contributed by atoms with Crippen LogP contribution in [-0.4, -0.2) is 30.2 Å². The van der Waals surface area contributed by atoms with Gasteiger partial charge in [-0.2, -0.15) is 0 Å². The third kappa shape index (κ3) is 4.14. The summed E-state index contributed by atoms with van der Waals surface area (Å²) in [5.41, 5.74) is 0.441. The third-order valence-electron chi connectivity index (χ3n) is 2.68. The van der Waals surface area contributed by atoms with Gasteiger partial charge >= 0.3 is 11.9 Å². The van der Waals surface area contributed by atoms with Gasteiger partial charge in [0, 0.05) is 31.8 Å². The van der Waals surface area contributed by atoms with Gasteiger partial charge < -0.3 is 19.5 Å². The fourth-order valence-electron chi connectivity index (χ4n) is 1.77. The number of halogens is 1. The molecule has 22 heavy (non-hydrogen) atoms. The monoisotopic (exact) mass is 325 g/mol. The Kier molecular flexibility index (Phi) is 4.92. The Labute approximate surface area is 133 Å². The molecule has 1 aliphatic rings. The van der Waals surface area contributed by atoms with Gasteiger partial charge in [-0.25, -0.2) is 9.59 Å². The van der Waals surface area contributed by atoms with E-state index in [4.69, 9.17) is 25.8 Å². The molecule has 1 aromatic rings. The lowest BCUT2D eigenvalue weighted by atomic mass is 10.2. The average Bonchev–Trinajstić information content (AvgIpc) is 2.43. The van der Waals surface area contributed by atoms with E-state index >= 15 is 0 Å². The molecule has 0 bridgehead atoms. The van der Waals surface area contributed by atoms with Crippen molar-refractivity contribution in [3.8, 4) is 5.75 Å². The van der Waals surface area contributed by atoms with Crippen molar-refractivity contribution < 1.29 is 23.8 Å². The first-order valence-corrected chi connectivity index (χ1v) is 7.17. The molecule has 118 valence electrons. The minimum atomic E-state index is -1.25. The Hall–Kier alpha value is -2.21. The zero-order chi connectivity index (χ0) is 16.2. The zero-order valence-corrected chi connectivity index (χ0v) is 13.0. The van der Waals surface area contributed by atoms with Crippen LogP contribution in [-0.2, 0) is 19.1 Å². The zero-order valence-electron chi connectivity index (χ0n) is 12.2. The lowest BCUT2D eigenvalue weighted by Gasteiger charge is -2.29. The summed E-state index contributed by atoms with van der Waals surface area (Å²) in [4.78, 5) is 23.6. The summed E-state index contributed by atoms with van der Waals surface area (Å²) in [6.07, 6.45) is 1.25. The molecule has 0 radical (unpaired) electrons. The number of cyclic esters (lactones) is 2. The Bertz CT molecular complexity index is 590. The number of rotatable bonds is 5. The second kappa shape index (κ2) is 6.70. The molecule has 2 rings (SSSR count). The number of carbonyl (C=O) groups excluding carboxylic acids is 2. The molecule has 1 saturated heterocycles. The molecule has 1 aromatic carbocycles. The second-order valence-corrected chi connectivity index (χ2v) is 5.32. The number of hydrogen-bond donors (Lipinski definition) is 1. The summed E-state index contributed by atoms with van der Waals surface area (Å²) in [5, 5.41) is 2.84. The van der Waals surface area contributed by atoms with Gasteiger partial charge in [0.05, 0.1) is 5.88 Å². The van der Waals surface area contributed by atoms with E-state index < -0.39 is 17.7 Å². The minimum absolute atomic E-state index is 0.202. The summed E-state index contributed by atoms with van der Waals surface area (Å²) in [5.74, 6) is -1.71. The first kappa shape index (κ1) is 16.2. The molecular weight excluding hydrogens is 310 g/mol. The molecule has 0 unspecified atom stereocenters. The number of ether oxygens (including phenoxy) is 3. The predicted molar refractivity (Wildman–Crippen MR) is 80.6 cm³/mol. The molecule has 0 spiro atoms. The smallest absolute Gasteiger partial charge is 0.350 e. The highest BCUT2D eigenvalue weighted by Gasteiger charge is 2.38. The Balaban J connectivity index is 2.08. The van der Waals surface area contributed by atoms with E-state index in [1.165, 1.54) is 20.0 Å². The molecule has 0 aromatic heterocycles. The summed E-state index contributed by atoms with van der Waals surface area (Å²) in [7, 11) is 0. The normalized spacial score (nSPS) is 16.6. The van der Waals surface area contributed by atoms with Crippen LogP contribution in [0.1, 0.15) is 13.8 Å². The van der Waals surface area contributed by atoms with Crippen molar-refractivity contribution in [3.05, 3.63) is 36.0 Å². The van der Waals surface area contributed by atoms with Crippen LogP contribution in [0.25, 0.3) is 0 Å². The standard InChI is InChI=1S/C15H16ClNO5/c1-15(2)21-13(18)12(14(19)22-15)9-17-10-4-3-5-11(8-10)20-7-6-16/h3-5,8-9,17H,6-7H2,1-2H3. The molecule has 0 amide bonds. The fraction of sp³-hybridized carbons (Fsp3) is 0.333. The number of carbonyl (C=O) groups is 2. The number of hydrogen-bond acceptors (Lipinski definition) is 6. The van der Waals surface area contributed by atoms with Crippen molar-refractivity contribution >= 4 is 29.2 Å². The number of alkyl halides is 1. The van der Waals surface area contributed by atoms with Crippen molar-refractivity contribution in [2.45, 2.75) is 19.6 Å². The lowest BCUT2D eigenvalue weighted by molar-refractivity contribution is -0.222. The van der Waals surface area contributed by atoms with Gasteiger partial charge in [0.1, 0.15) is 12.4 Å². The third-order valence-corrected chi connectivity index (χ3v) is 2.83. The van der Waals surface area contributed by atoms with Crippen LogP contribution in [0.15, 0.2) is 36.0 Å². The summed E-state index contributed by atoms with van der Waals surface area (Å²) >= 11 is 5.56.